The van der Waals surface area contributed by atoms with Crippen molar-refractivity contribution in [2.45, 2.75) is 0 Å². The Balaban J connectivity index is 1.58. The summed E-state index contributed by atoms with van der Waals surface area (Å²) < 4.78 is 14.5. The number of hydrogen-bond donors (Lipinski definition) is 1. The first-order chi connectivity index (χ1) is 12.6. The highest BCUT2D eigenvalue weighted by Crippen LogP contribution is 2.32. The summed E-state index contributed by atoms with van der Waals surface area (Å²) in [6, 6.07) is 14.3. The lowest BCUT2D eigenvalue weighted by molar-refractivity contribution is -0.113. The van der Waals surface area contributed by atoms with Gasteiger partial charge in [-0.1, -0.05) is 18.2 Å². The number of carbonyl (C=O) groups excluding carboxylic acids is 1. The quantitative estimate of drug-likeness (QED) is 0.569. The van der Waals surface area contributed by atoms with Gasteiger partial charge in [0.2, 0.25) is 0 Å². The number of thioether (sulfide) groups is 1. The summed E-state index contributed by atoms with van der Waals surface area (Å²) in [5, 5.41) is 4.21. The van der Waals surface area contributed by atoms with Gasteiger partial charge in [-0.3, -0.25) is 9.78 Å². The van der Waals surface area contributed by atoms with Crippen LogP contribution >= 0.6 is 27.7 Å². The van der Waals surface area contributed by atoms with E-state index in [0.717, 1.165) is 16.5 Å². The molecule has 4 nitrogen and oxygen atoms in total. The second-order valence-corrected chi connectivity index (χ2v) is 7.39. The largest absolute Gasteiger partial charge is 0.331 e. The van der Waals surface area contributed by atoms with Gasteiger partial charge >= 0.3 is 0 Å². The maximum Gasteiger partial charge on any atom is 0.286 e. The van der Waals surface area contributed by atoms with Gasteiger partial charge in [0.15, 0.2) is 5.17 Å². The molecule has 0 saturated carbocycles. The topological polar surface area (TPSA) is 54.4 Å². The summed E-state index contributed by atoms with van der Waals surface area (Å²) in [5.41, 5.74) is 2.03. The molecule has 2 heterocycles. The van der Waals surface area contributed by atoms with Gasteiger partial charge in [0.05, 0.1) is 16.1 Å². The standard InChI is InChI=1S/C19H11BrFN3OS/c20-13-4-1-5-14(21)17(13)23-19-24-18(25)16(26-19)10-11-6-7-15-12(9-11)3-2-8-22-15/h1-10H,(H,23,24,25). The number of para-hydroxylation sites is 1. The van der Waals surface area contributed by atoms with E-state index in [1.54, 1.807) is 24.4 Å². The summed E-state index contributed by atoms with van der Waals surface area (Å²) in [6.45, 7) is 0. The molecule has 0 saturated heterocycles. The molecule has 1 amide bonds. The first-order valence-electron chi connectivity index (χ1n) is 7.68. The van der Waals surface area contributed by atoms with E-state index in [9.17, 15) is 9.18 Å². The first kappa shape index (κ1) is 16.9. The van der Waals surface area contributed by atoms with Crippen LogP contribution in [0.4, 0.5) is 10.1 Å². The number of hydrogen-bond acceptors (Lipinski definition) is 4. The molecule has 1 aliphatic rings. The summed E-state index contributed by atoms with van der Waals surface area (Å²) >= 11 is 4.47. The van der Waals surface area contributed by atoms with E-state index in [2.05, 4.69) is 31.2 Å². The van der Waals surface area contributed by atoms with Crippen LogP contribution in [0, 0.1) is 5.82 Å². The first-order valence-corrected chi connectivity index (χ1v) is 9.29. The zero-order valence-corrected chi connectivity index (χ0v) is 15.6. The Hall–Kier alpha value is -2.51. The molecule has 3 aromatic rings. The predicted octanol–water partition coefficient (Wildman–Crippen LogP) is 5.22. The minimum absolute atomic E-state index is 0.254. The van der Waals surface area contributed by atoms with Crippen molar-refractivity contribution in [3.05, 3.63) is 75.5 Å². The van der Waals surface area contributed by atoms with Gasteiger partial charge in [-0.25, -0.2) is 4.39 Å². The molecule has 1 aromatic heterocycles. The molecule has 128 valence electrons. The third-order valence-corrected chi connectivity index (χ3v) is 5.30. The minimum atomic E-state index is -0.422. The van der Waals surface area contributed by atoms with Crippen molar-refractivity contribution in [2.75, 3.05) is 5.32 Å². The lowest BCUT2D eigenvalue weighted by Crippen LogP contribution is -2.07. The fourth-order valence-electron chi connectivity index (χ4n) is 2.52. The number of amides is 1. The molecule has 0 aliphatic carbocycles. The Morgan fingerprint density at radius 2 is 2.04 bits per heavy atom. The van der Waals surface area contributed by atoms with Crippen LogP contribution in [0.1, 0.15) is 5.56 Å². The number of nitrogens with one attached hydrogen (secondary N) is 1. The van der Waals surface area contributed by atoms with Gasteiger partial charge in [0, 0.05) is 16.1 Å². The Kier molecular flexibility index (Phi) is 4.57. The van der Waals surface area contributed by atoms with Crippen molar-refractivity contribution < 1.29 is 9.18 Å². The van der Waals surface area contributed by atoms with E-state index in [4.69, 9.17) is 0 Å². The van der Waals surface area contributed by atoms with Crippen molar-refractivity contribution in [2.24, 2.45) is 4.99 Å². The fraction of sp³-hybridized carbons (Fsp3) is 0. The third kappa shape index (κ3) is 3.40. The molecule has 0 atom stereocenters. The summed E-state index contributed by atoms with van der Waals surface area (Å²) in [4.78, 5) is 20.9. The number of rotatable bonds is 2. The fourth-order valence-corrected chi connectivity index (χ4v) is 3.78. The van der Waals surface area contributed by atoms with Crippen LogP contribution in [-0.4, -0.2) is 16.1 Å². The number of aliphatic imine (C=N–C) groups is 1. The third-order valence-electron chi connectivity index (χ3n) is 3.74. The summed E-state index contributed by atoms with van der Waals surface area (Å²) in [6.07, 6.45) is 3.51. The van der Waals surface area contributed by atoms with Crippen LogP contribution in [0.15, 0.2) is 69.1 Å². The molecule has 0 fully saturated rings. The van der Waals surface area contributed by atoms with E-state index in [1.807, 2.05) is 30.3 Å². The van der Waals surface area contributed by atoms with Crippen LogP contribution in [0.5, 0.6) is 0 Å². The maximum absolute atomic E-state index is 13.9. The Morgan fingerprint density at radius 1 is 1.15 bits per heavy atom. The molecule has 2 aromatic carbocycles. The number of amidine groups is 1. The molecule has 7 heteroatoms. The number of carbonyl (C=O) groups is 1. The number of nitrogens with zero attached hydrogens (tertiary/aromatic N) is 2. The molecule has 1 aliphatic heterocycles. The summed E-state index contributed by atoms with van der Waals surface area (Å²) in [7, 11) is 0. The Labute approximate surface area is 161 Å². The molecule has 0 bridgehead atoms. The molecular weight excluding hydrogens is 417 g/mol. The highest BCUT2D eigenvalue weighted by atomic mass is 79.9. The number of halogens is 2. The highest BCUT2D eigenvalue weighted by Gasteiger charge is 2.23. The molecule has 26 heavy (non-hydrogen) atoms. The van der Waals surface area contributed by atoms with Crippen LogP contribution in [0.3, 0.4) is 0 Å². The van der Waals surface area contributed by atoms with E-state index >= 15 is 0 Å². The van der Waals surface area contributed by atoms with Crippen molar-refractivity contribution in [1.29, 1.82) is 0 Å². The van der Waals surface area contributed by atoms with Gasteiger partial charge in [-0.2, -0.15) is 4.99 Å². The maximum atomic E-state index is 13.9. The highest BCUT2D eigenvalue weighted by molar-refractivity contribution is 9.10. The van der Waals surface area contributed by atoms with Gasteiger partial charge < -0.3 is 5.32 Å². The zero-order valence-electron chi connectivity index (χ0n) is 13.2. The smallest absolute Gasteiger partial charge is 0.286 e. The van der Waals surface area contributed by atoms with Crippen LogP contribution in [-0.2, 0) is 4.79 Å². The molecule has 0 spiro atoms. The normalized spacial score (nSPS) is 15.5. The number of fused-ring (bicyclic) bond motifs is 1. The average Bonchev–Trinajstić information content (AvgIpc) is 2.97. The molecule has 1 N–H and O–H groups in total. The minimum Gasteiger partial charge on any atom is -0.331 e. The van der Waals surface area contributed by atoms with Crippen LogP contribution in [0.2, 0.25) is 0 Å². The predicted molar refractivity (Wildman–Crippen MR) is 107 cm³/mol. The van der Waals surface area contributed by atoms with E-state index in [0.29, 0.717) is 14.5 Å². The van der Waals surface area contributed by atoms with E-state index < -0.39 is 5.82 Å². The monoisotopic (exact) mass is 427 g/mol. The number of anilines is 1. The summed E-state index contributed by atoms with van der Waals surface area (Å²) in [5.74, 6) is -0.772. The lowest BCUT2D eigenvalue weighted by Gasteiger charge is -2.07. The Morgan fingerprint density at radius 3 is 2.88 bits per heavy atom. The molecular formula is C19H11BrFN3OS. The van der Waals surface area contributed by atoms with Crippen LogP contribution < -0.4 is 5.32 Å². The molecule has 4 rings (SSSR count). The van der Waals surface area contributed by atoms with Gasteiger partial charge in [0.25, 0.3) is 5.91 Å². The van der Waals surface area contributed by atoms with Crippen molar-refractivity contribution >= 4 is 61.4 Å². The lowest BCUT2D eigenvalue weighted by atomic mass is 10.1. The van der Waals surface area contributed by atoms with Gasteiger partial charge in [-0.15, -0.1) is 0 Å². The van der Waals surface area contributed by atoms with Crippen LogP contribution in [0.25, 0.3) is 17.0 Å². The second-order valence-electron chi connectivity index (χ2n) is 5.51. The van der Waals surface area contributed by atoms with E-state index in [1.165, 1.54) is 17.8 Å². The van der Waals surface area contributed by atoms with Gasteiger partial charge in [-0.05, 0) is 69.7 Å². The molecule has 0 unspecified atom stereocenters. The Bertz CT molecular complexity index is 1080. The van der Waals surface area contributed by atoms with Crippen molar-refractivity contribution in [3.63, 3.8) is 0 Å². The molecule has 0 radical (unpaired) electrons. The van der Waals surface area contributed by atoms with Gasteiger partial charge in [0.1, 0.15) is 5.82 Å². The SMILES string of the molecule is O=C1N=C(Nc2c(F)cccc2Br)SC1=Cc1ccc2ncccc2c1. The number of pyridine rings is 1. The zero-order chi connectivity index (χ0) is 18.1. The second kappa shape index (κ2) is 7.01. The van der Waals surface area contributed by atoms with Crippen molar-refractivity contribution in [3.8, 4) is 0 Å². The van der Waals surface area contributed by atoms with E-state index in [-0.39, 0.29) is 11.6 Å². The number of benzene rings is 2. The van der Waals surface area contributed by atoms with Crippen molar-refractivity contribution in [1.82, 2.24) is 4.98 Å². The number of aromatic nitrogens is 1. The average molecular weight is 428 g/mol.